The molecule has 0 bridgehead atoms. The number of anilines is 1. The maximum absolute atomic E-state index is 12.6. The molecule has 1 amide bonds. The summed E-state index contributed by atoms with van der Waals surface area (Å²) in [4.78, 5) is 12.6. The zero-order chi connectivity index (χ0) is 20.4. The number of H-pyrrole nitrogens is 1. The first kappa shape index (κ1) is 19.2. The molecule has 0 radical (unpaired) electrons. The number of hydrogen-bond donors (Lipinski definition) is 2. The second kappa shape index (κ2) is 7.69. The van der Waals surface area contributed by atoms with E-state index in [1.807, 2.05) is 30.3 Å². The molecule has 1 aliphatic rings. The van der Waals surface area contributed by atoms with E-state index in [4.69, 9.17) is 4.74 Å². The Morgan fingerprint density at radius 2 is 1.79 bits per heavy atom. The van der Waals surface area contributed by atoms with Crippen molar-refractivity contribution in [3.63, 3.8) is 0 Å². The van der Waals surface area contributed by atoms with Gasteiger partial charge in [-0.15, -0.1) is 0 Å². The van der Waals surface area contributed by atoms with Crippen LogP contribution >= 0.6 is 0 Å². The Morgan fingerprint density at radius 1 is 1.10 bits per heavy atom. The summed E-state index contributed by atoms with van der Waals surface area (Å²) < 4.78 is 30.8. The average Bonchev–Trinajstić information content (AvgIpc) is 3.11. The van der Waals surface area contributed by atoms with Crippen LogP contribution in [0, 0.1) is 0 Å². The summed E-state index contributed by atoms with van der Waals surface area (Å²) >= 11 is 0. The second-order valence-electron chi connectivity index (χ2n) is 6.76. The minimum Gasteiger partial charge on any atom is -0.457 e. The molecule has 1 aliphatic heterocycles. The van der Waals surface area contributed by atoms with Crippen LogP contribution in [0.4, 0.5) is 5.82 Å². The van der Waals surface area contributed by atoms with Crippen LogP contribution < -0.4 is 10.1 Å². The Labute approximate surface area is 168 Å². The van der Waals surface area contributed by atoms with Crippen LogP contribution in [0.2, 0.25) is 0 Å². The van der Waals surface area contributed by atoms with Gasteiger partial charge in [0, 0.05) is 30.6 Å². The molecule has 0 saturated carbocycles. The largest absolute Gasteiger partial charge is 0.457 e. The number of aromatic amines is 1. The maximum Gasteiger partial charge on any atom is 0.256 e. The fraction of sp³-hybridized carbons (Fsp3) is 0.200. The lowest BCUT2D eigenvalue weighted by atomic mass is 10.1. The number of para-hydroxylation sites is 1. The Kier molecular flexibility index (Phi) is 5.08. The number of ether oxygens (including phenoxy) is 1. The second-order valence-corrected chi connectivity index (χ2v) is 8.75. The molecule has 0 spiro atoms. The van der Waals surface area contributed by atoms with Crippen LogP contribution in [0.15, 0.2) is 54.6 Å². The smallest absolute Gasteiger partial charge is 0.256 e. The lowest BCUT2D eigenvalue weighted by Gasteiger charge is -2.24. The molecule has 1 aromatic heterocycles. The van der Waals surface area contributed by atoms with Gasteiger partial charge in [-0.3, -0.25) is 9.89 Å². The molecule has 0 unspecified atom stereocenters. The van der Waals surface area contributed by atoms with Crippen molar-refractivity contribution in [1.82, 2.24) is 14.5 Å². The molecular weight excluding hydrogens is 392 g/mol. The van der Waals surface area contributed by atoms with Gasteiger partial charge in [-0.1, -0.05) is 18.2 Å². The number of fused-ring (bicyclic) bond motifs is 1. The molecule has 3 aromatic rings. The van der Waals surface area contributed by atoms with E-state index in [2.05, 4.69) is 15.5 Å². The van der Waals surface area contributed by atoms with Crippen molar-refractivity contribution < 1.29 is 17.9 Å². The lowest BCUT2D eigenvalue weighted by molar-refractivity contribution is 0.102. The van der Waals surface area contributed by atoms with Crippen LogP contribution in [0.3, 0.4) is 0 Å². The summed E-state index contributed by atoms with van der Waals surface area (Å²) in [7, 11) is -3.31. The van der Waals surface area contributed by atoms with Crippen molar-refractivity contribution in [3.05, 3.63) is 71.4 Å². The highest BCUT2D eigenvalue weighted by atomic mass is 32.2. The van der Waals surface area contributed by atoms with Gasteiger partial charge in [0.15, 0.2) is 0 Å². The van der Waals surface area contributed by atoms with Crippen molar-refractivity contribution >= 4 is 21.7 Å². The first-order valence-electron chi connectivity index (χ1n) is 9.06. The van der Waals surface area contributed by atoms with Crippen molar-refractivity contribution in [2.75, 3.05) is 18.1 Å². The number of benzene rings is 2. The van der Waals surface area contributed by atoms with Gasteiger partial charge >= 0.3 is 0 Å². The molecule has 0 atom stereocenters. The quantitative estimate of drug-likeness (QED) is 0.671. The van der Waals surface area contributed by atoms with Gasteiger partial charge in [0.1, 0.15) is 17.3 Å². The first-order chi connectivity index (χ1) is 13.9. The van der Waals surface area contributed by atoms with E-state index >= 15 is 0 Å². The molecule has 4 rings (SSSR count). The van der Waals surface area contributed by atoms with E-state index in [1.165, 1.54) is 10.6 Å². The molecule has 8 nitrogen and oxygen atoms in total. The summed E-state index contributed by atoms with van der Waals surface area (Å²) in [5.74, 6) is 1.43. The van der Waals surface area contributed by atoms with Gasteiger partial charge in [0.25, 0.3) is 5.91 Å². The number of carbonyl (C=O) groups is 1. The summed E-state index contributed by atoms with van der Waals surface area (Å²) in [6.07, 6.45) is 1.68. The van der Waals surface area contributed by atoms with Gasteiger partial charge in [-0.25, -0.2) is 8.42 Å². The van der Waals surface area contributed by atoms with Crippen molar-refractivity contribution in [2.24, 2.45) is 0 Å². The summed E-state index contributed by atoms with van der Waals surface area (Å²) in [5, 5.41) is 9.79. The van der Waals surface area contributed by atoms with Gasteiger partial charge < -0.3 is 10.1 Å². The minimum absolute atomic E-state index is 0.185. The highest BCUT2D eigenvalue weighted by Gasteiger charge is 2.27. The number of sulfonamides is 1. The Morgan fingerprint density at radius 3 is 2.48 bits per heavy atom. The van der Waals surface area contributed by atoms with E-state index in [0.717, 1.165) is 5.69 Å². The van der Waals surface area contributed by atoms with E-state index in [0.29, 0.717) is 41.4 Å². The standard InChI is InChI=1S/C20H20N4O4S/c1-29(26,27)24-12-11-18-17(13-24)19(23-22-18)21-20(25)14-7-9-16(10-8-14)28-15-5-3-2-4-6-15/h2-10H,11-13H2,1H3,(H2,21,22,23,25). The summed E-state index contributed by atoms with van der Waals surface area (Å²) in [5.41, 5.74) is 1.91. The summed E-state index contributed by atoms with van der Waals surface area (Å²) in [6, 6.07) is 16.1. The van der Waals surface area contributed by atoms with Crippen LogP contribution in [-0.4, -0.2) is 41.6 Å². The van der Waals surface area contributed by atoms with E-state index in [-0.39, 0.29) is 12.5 Å². The highest BCUT2D eigenvalue weighted by Crippen LogP contribution is 2.26. The highest BCUT2D eigenvalue weighted by molar-refractivity contribution is 7.88. The average molecular weight is 412 g/mol. The molecule has 0 saturated heterocycles. The molecule has 9 heteroatoms. The Bertz CT molecular complexity index is 1130. The summed E-state index contributed by atoms with van der Waals surface area (Å²) in [6.45, 7) is 0.567. The van der Waals surface area contributed by atoms with Gasteiger partial charge in [0.05, 0.1) is 11.9 Å². The minimum atomic E-state index is -3.31. The number of rotatable bonds is 5. The monoisotopic (exact) mass is 412 g/mol. The van der Waals surface area contributed by atoms with Crippen molar-refractivity contribution in [1.29, 1.82) is 0 Å². The number of carbonyl (C=O) groups excluding carboxylic acids is 1. The molecule has 150 valence electrons. The lowest BCUT2D eigenvalue weighted by Crippen LogP contribution is -2.35. The molecular formula is C20H20N4O4S. The topological polar surface area (TPSA) is 104 Å². The van der Waals surface area contributed by atoms with Crippen LogP contribution in [0.1, 0.15) is 21.6 Å². The van der Waals surface area contributed by atoms with Gasteiger partial charge in [-0.2, -0.15) is 9.40 Å². The van der Waals surface area contributed by atoms with Gasteiger partial charge in [0.2, 0.25) is 10.0 Å². The predicted octanol–water partition coefficient (Wildman–Crippen LogP) is 2.77. The van der Waals surface area contributed by atoms with Gasteiger partial charge in [-0.05, 0) is 36.4 Å². The molecule has 0 fully saturated rings. The number of nitrogens with zero attached hydrogens (tertiary/aromatic N) is 2. The van der Waals surface area contributed by atoms with Crippen molar-refractivity contribution in [2.45, 2.75) is 13.0 Å². The third kappa shape index (κ3) is 4.30. The molecule has 2 N–H and O–H groups in total. The third-order valence-electron chi connectivity index (χ3n) is 4.69. The normalized spacial score (nSPS) is 14.2. The zero-order valence-corrected chi connectivity index (χ0v) is 16.6. The zero-order valence-electron chi connectivity index (χ0n) is 15.8. The number of aromatic nitrogens is 2. The van der Waals surface area contributed by atoms with Crippen LogP contribution in [0.25, 0.3) is 0 Å². The SMILES string of the molecule is CS(=O)(=O)N1CCc2n[nH]c(NC(=O)c3ccc(Oc4ccccc4)cc3)c2C1. The maximum atomic E-state index is 12.6. The van der Waals surface area contributed by atoms with Crippen molar-refractivity contribution in [3.8, 4) is 11.5 Å². The molecule has 2 heterocycles. The van der Waals surface area contributed by atoms with E-state index in [9.17, 15) is 13.2 Å². The number of nitrogens with one attached hydrogen (secondary N) is 2. The number of hydrogen-bond acceptors (Lipinski definition) is 5. The van der Waals surface area contributed by atoms with Crippen LogP contribution in [0.5, 0.6) is 11.5 Å². The van der Waals surface area contributed by atoms with E-state index < -0.39 is 10.0 Å². The Balaban J connectivity index is 1.46. The number of amides is 1. The Hall–Kier alpha value is -3.17. The fourth-order valence-corrected chi connectivity index (χ4v) is 3.92. The van der Waals surface area contributed by atoms with E-state index in [1.54, 1.807) is 24.3 Å². The fourth-order valence-electron chi connectivity index (χ4n) is 3.14. The first-order valence-corrected chi connectivity index (χ1v) is 10.9. The predicted molar refractivity (Wildman–Crippen MR) is 108 cm³/mol. The molecule has 0 aliphatic carbocycles. The van der Waals surface area contributed by atoms with Crippen LogP contribution in [-0.2, 0) is 23.0 Å². The third-order valence-corrected chi connectivity index (χ3v) is 5.94. The molecule has 2 aromatic carbocycles. The molecule has 29 heavy (non-hydrogen) atoms.